The van der Waals surface area contributed by atoms with Crippen molar-refractivity contribution in [2.45, 2.75) is 13.3 Å². The molecule has 0 aliphatic carbocycles. The summed E-state index contributed by atoms with van der Waals surface area (Å²) in [6, 6.07) is 15.2. The minimum atomic E-state index is -0.983. The van der Waals surface area contributed by atoms with Crippen molar-refractivity contribution in [1.82, 2.24) is 4.57 Å². The van der Waals surface area contributed by atoms with Gasteiger partial charge in [-0.2, -0.15) is 0 Å². The summed E-state index contributed by atoms with van der Waals surface area (Å²) in [7, 11) is 0. The first-order valence-corrected chi connectivity index (χ1v) is 9.14. The number of halogens is 1. The maximum absolute atomic E-state index is 12.0. The van der Waals surface area contributed by atoms with E-state index in [2.05, 4.69) is 4.74 Å². The number of ketones is 2. The number of nitrogens with zero attached hydrogens (tertiary/aromatic N) is 1. The molecular formula is C22H18ClNO4. The molecule has 3 rings (SSSR count). The molecule has 0 fully saturated rings. The monoisotopic (exact) mass is 395 g/mol. The summed E-state index contributed by atoms with van der Waals surface area (Å²) in [5.41, 5.74) is 2.73. The molecule has 0 aliphatic rings. The molecule has 2 aromatic carbocycles. The van der Waals surface area contributed by atoms with Crippen molar-refractivity contribution in [3.05, 3.63) is 71.4 Å². The van der Waals surface area contributed by atoms with Crippen LogP contribution in [0.1, 0.15) is 18.9 Å². The standard InChI is InChI=1S/C22H18ClNO4/c1-2-28-22(27)21(26)13-18(25)12-7-15-14-24(17-10-8-16(23)9-11-17)20-6-4-3-5-19(15)20/h3-12,14H,2,13H2,1H3/b12-7+. The molecule has 0 radical (unpaired) electrons. The zero-order valence-corrected chi connectivity index (χ0v) is 16.0. The van der Waals surface area contributed by atoms with Crippen LogP contribution in [0.5, 0.6) is 0 Å². The molecule has 1 heterocycles. The molecule has 0 unspecified atom stereocenters. The number of rotatable bonds is 7. The fourth-order valence-electron chi connectivity index (χ4n) is 2.84. The molecule has 0 saturated heterocycles. The lowest BCUT2D eigenvalue weighted by atomic mass is 10.1. The Balaban J connectivity index is 1.86. The lowest BCUT2D eigenvalue weighted by molar-refractivity contribution is -0.154. The maximum Gasteiger partial charge on any atom is 0.375 e. The third kappa shape index (κ3) is 4.38. The summed E-state index contributed by atoms with van der Waals surface area (Å²) in [6.07, 6.45) is 4.36. The number of hydrogen-bond donors (Lipinski definition) is 0. The molecule has 5 nitrogen and oxygen atoms in total. The van der Waals surface area contributed by atoms with E-state index >= 15 is 0 Å². The van der Waals surface area contributed by atoms with Crippen LogP contribution in [0.15, 0.2) is 60.8 Å². The van der Waals surface area contributed by atoms with E-state index in [1.54, 1.807) is 13.0 Å². The number of para-hydroxylation sites is 1. The molecule has 0 spiro atoms. The second-order valence-electron chi connectivity index (χ2n) is 6.07. The summed E-state index contributed by atoms with van der Waals surface area (Å²) in [4.78, 5) is 35.0. The van der Waals surface area contributed by atoms with Gasteiger partial charge in [-0.25, -0.2) is 4.79 Å². The predicted octanol–water partition coefficient (Wildman–Crippen LogP) is 4.39. The van der Waals surface area contributed by atoms with Crippen LogP contribution < -0.4 is 0 Å². The second-order valence-corrected chi connectivity index (χ2v) is 6.50. The average Bonchev–Trinajstić information content (AvgIpc) is 3.06. The van der Waals surface area contributed by atoms with Crippen LogP contribution in [0.3, 0.4) is 0 Å². The molecule has 0 saturated carbocycles. The van der Waals surface area contributed by atoms with Crippen molar-refractivity contribution in [3.8, 4) is 5.69 Å². The van der Waals surface area contributed by atoms with Gasteiger partial charge in [0.2, 0.25) is 5.78 Å². The van der Waals surface area contributed by atoms with Crippen molar-refractivity contribution in [3.63, 3.8) is 0 Å². The summed E-state index contributed by atoms with van der Waals surface area (Å²) in [5.74, 6) is -2.29. The molecule has 3 aromatic rings. The predicted molar refractivity (Wildman–Crippen MR) is 109 cm³/mol. The maximum atomic E-state index is 12.0. The number of carbonyl (C=O) groups is 3. The van der Waals surface area contributed by atoms with Crippen LogP contribution in [-0.4, -0.2) is 28.7 Å². The Morgan fingerprint density at radius 1 is 1.07 bits per heavy atom. The van der Waals surface area contributed by atoms with Gasteiger partial charge in [0.15, 0.2) is 5.78 Å². The van der Waals surface area contributed by atoms with Crippen molar-refractivity contribution < 1.29 is 19.1 Å². The number of carbonyl (C=O) groups excluding carboxylic acids is 3. The van der Waals surface area contributed by atoms with E-state index in [9.17, 15) is 14.4 Å². The van der Waals surface area contributed by atoms with E-state index in [1.165, 1.54) is 6.08 Å². The van der Waals surface area contributed by atoms with Gasteiger partial charge in [-0.3, -0.25) is 9.59 Å². The number of aromatic nitrogens is 1. The summed E-state index contributed by atoms with van der Waals surface area (Å²) in [5, 5.41) is 1.61. The van der Waals surface area contributed by atoms with E-state index in [0.29, 0.717) is 5.02 Å². The first-order valence-electron chi connectivity index (χ1n) is 8.76. The summed E-state index contributed by atoms with van der Waals surface area (Å²) in [6.45, 7) is 1.70. The molecule has 28 heavy (non-hydrogen) atoms. The normalized spacial score (nSPS) is 11.1. The number of fused-ring (bicyclic) bond motifs is 1. The van der Waals surface area contributed by atoms with Gasteiger partial charge in [0, 0.05) is 27.9 Å². The van der Waals surface area contributed by atoms with E-state index in [1.807, 2.05) is 59.3 Å². The Bertz CT molecular complexity index is 1060. The minimum absolute atomic E-state index is 0.0960. The summed E-state index contributed by atoms with van der Waals surface area (Å²) >= 11 is 5.97. The highest BCUT2D eigenvalue weighted by atomic mass is 35.5. The van der Waals surface area contributed by atoms with Crippen LogP contribution in [0.4, 0.5) is 0 Å². The number of hydrogen-bond acceptors (Lipinski definition) is 4. The van der Waals surface area contributed by atoms with Gasteiger partial charge in [-0.15, -0.1) is 0 Å². The van der Waals surface area contributed by atoms with Crippen molar-refractivity contribution >= 4 is 46.1 Å². The molecule has 0 atom stereocenters. The zero-order chi connectivity index (χ0) is 20.1. The number of allylic oxidation sites excluding steroid dienone is 1. The zero-order valence-electron chi connectivity index (χ0n) is 15.2. The molecular weight excluding hydrogens is 378 g/mol. The van der Waals surface area contributed by atoms with E-state index in [-0.39, 0.29) is 6.61 Å². The highest BCUT2D eigenvalue weighted by Crippen LogP contribution is 2.26. The van der Waals surface area contributed by atoms with Gasteiger partial charge < -0.3 is 9.30 Å². The topological polar surface area (TPSA) is 65.4 Å². The van der Waals surface area contributed by atoms with Gasteiger partial charge in [0.05, 0.1) is 18.5 Å². The van der Waals surface area contributed by atoms with Crippen molar-refractivity contribution in [2.24, 2.45) is 0 Å². The van der Waals surface area contributed by atoms with Gasteiger partial charge in [-0.05, 0) is 49.4 Å². The Morgan fingerprint density at radius 3 is 2.50 bits per heavy atom. The Kier molecular flexibility index (Phi) is 6.06. The lowest BCUT2D eigenvalue weighted by Crippen LogP contribution is -2.19. The third-order valence-electron chi connectivity index (χ3n) is 4.13. The van der Waals surface area contributed by atoms with Crippen LogP contribution >= 0.6 is 11.6 Å². The lowest BCUT2D eigenvalue weighted by Gasteiger charge is -2.04. The van der Waals surface area contributed by atoms with Gasteiger partial charge in [-0.1, -0.05) is 29.8 Å². The smallest absolute Gasteiger partial charge is 0.375 e. The van der Waals surface area contributed by atoms with Crippen LogP contribution in [0.25, 0.3) is 22.7 Å². The second kappa shape index (κ2) is 8.67. The molecule has 6 heteroatoms. The largest absolute Gasteiger partial charge is 0.460 e. The van der Waals surface area contributed by atoms with E-state index in [0.717, 1.165) is 22.2 Å². The van der Waals surface area contributed by atoms with Gasteiger partial charge in [0.1, 0.15) is 0 Å². The Labute approximate surface area is 167 Å². The highest BCUT2D eigenvalue weighted by Gasteiger charge is 2.17. The van der Waals surface area contributed by atoms with Gasteiger partial charge >= 0.3 is 5.97 Å². The van der Waals surface area contributed by atoms with Crippen molar-refractivity contribution in [1.29, 1.82) is 0 Å². The fourth-order valence-corrected chi connectivity index (χ4v) is 2.96. The van der Waals surface area contributed by atoms with E-state index < -0.39 is 24.0 Å². The van der Waals surface area contributed by atoms with E-state index in [4.69, 9.17) is 11.6 Å². The van der Waals surface area contributed by atoms with Crippen molar-refractivity contribution in [2.75, 3.05) is 6.61 Å². The quantitative estimate of drug-likeness (QED) is 0.257. The molecule has 142 valence electrons. The Morgan fingerprint density at radius 2 is 1.79 bits per heavy atom. The summed E-state index contributed by atoms with van der Waals surface area (Å²) < 4.78 is 6.61. The highest BCUT2D eigenvalue weighted by molar-refractivity contribution is 6.37. The number of benzene rings is 2. The van der Waals surface area contributed by atoms with Crippen LogP contribution in [0, 0.1) is 0 Å². The minimum Gasteiger partial charge on any atom is -0.460 e. The average molecular weight is 396 g/mol. The molecule has 0 amide bonds. The Hall–Kier alpha value is -3.18. The first kappa shape index (κ1) is 19.6. The molecule has 0 aliphatic heterocycles. The fraction of sp³-hybridized carbons (Fsp3) is 0.136. The van der Waals surface area contributed by atoms with Gasteiger partial charge in [0.25, 0.3) is 0 Å². The molecule has 1 aromatic heterocycles. The number of ether oxygens (including phenoxy) is 1. The SMILES string of the molecule is CCOC(=O)C(=O)CC(=O)/C=C/c1cn(-c2ccc(Cl)cc2)c2ccccc12. The third-order valence-corrected chi connectivity index (χ3v) is 4.39. The number of esters is 1. The first-order chi connectivity index (χ1) is 13.5. The van der Waals surface area contributed by atoms with Crippen LogP contribution in [0.2, 0.25) is 5.02 Å². The molecule has 0 N–H and O–H groups in total. The molecule has 0 bridgehead atoms. The number of Topliss-reactive ketones (excluding diaryl/α,β-unsaturated/α-hetero) is 1. The van der Waals surface area contributed by atoms with Crippen LogP contribution in [-0.2, 0) is 19.1 Å².